The van der Waals surface area contributed by atoms with Gasteiger partial charge in [0.2, 0.25) is 0 Å². The van der Waals surface area contributed by atoms with Gasteiger partial charge in [-0.2, -0.15) is 0 Å². The molecule has 0 aliphatic carbocycles. The zero-order valence-corrected chi connectivity index (χ0v) is 15.4. The Bertz CT molecular complexity index is 771. The van der Waals surface area contributed by atoms with E-state index in [0.29, 0.717) is 6.42 Å². The molecule has 2 atom stereocenters. The van der Waals surface area contributed by atoms with Crippen LogP contribution in [-0.2, 0) is 9.47 Å². The van der Waals surface area contributed by atoms with Gasteiger partial charge in [0.05, 0.1) is 16.6 Å². The molecule has 2 aromatic carbocycles. The highest BCUT2D eigenvalue weighted by molar-refractivity contribution is 5.89. The molecule has 0 aliphatic rings. The quantitative estimate of drug-likeness (QED) is 0.273. The molecule has 0 bridgehead atoms. The summed E-state index contributed by atoms with van der Waals surface area (Å²) in [6, 6.07) is 14.9. The van der Waals surface area contributed by atoms with Gasteiger partial charge in [-0.15, -0.1) is 0 Å². The van der Waals surface area contributed by atoms with Crippen molar-refractivity contribution >= 4 is 11.7 Å². The zero-order chi connectivity index (χ0) is 19.6. The second kappa shape index (κ2) is 10.2. The van der Waals surface area contributed by atoms with Crippen LogP contribution >= 0.6 is 0 Å². The summed E-state index contributed by atoms with van der Waals surface area (Å²) in [5, 5.41) is 10.7. The number of carbonyl (C=O) groups excluding carboxylic acids is 1. The molecule has 0 saturated heterocycles. The predicted molar refractivity (Wildman–Crippen MR) is 103 cm³/mol. The molecule has 0 saturated carbocycles. The molecule has 0 aliphatic heterocycles. The molecule has 27 heavy (non-hydrogen) atoms. The lowest BCUT2D eigenvalue weighted by Crippen LogP contribution is -2.11. The molecule has 6 heteroatoms. The smallest absolute Gasteiger partial charge is 0.338 e. The first-order chi connectivity index (χ1) is 13.0. The van der Waals surface area contributed by atoms with Gasteiger partial charge in [-0.3, -0.25) is 10.1 Å². The fourth-order valence-corrected chi connectivity index (χ4v) is 2.44. The monoisotopic (exact) mass is 369 g/mol. The van der Waals surface area contributed by atoms with Crippen LogP contribution in [0.25, 0.3) is 0 Å². The highest BCUT2D eigenvalue weighted by atomic mass is 16.6. The maximum absolute atomic E-state index is 12.5. The van der Waals surface area contributed by atoms with Crippen molar-refractivity contribution in [3.05, 3.63) is 88.0 Å². The number of nitrogens with zero attached hydrogens (tertiary/aromatic N) is 1. The molecular weight excluding hydrogens is 346 g/mol. The van der Waals surface area contributed by atoms with Crippen LogP contribution in [0.5, 0.6) is 0 Å². The summed E-state index contributed by atoms with van der Waals surface area (Å²) in [4.78, 5) is 22.7. The van der Waals surface area contributed by atoms with Crippen molar-refractivity contribution < 1.29 is 19.2 Å². The number of benzene rings is 2. The van der Waals surface area contributed by atoms with Crippen LogP contribution in [0.4, 0.5) is 5.69 Å². The summed E-state index contributed by atoms with van der Waals surface area (Å²) in [5.74, 6) is -0.516. The Labute approximate surface area is 158 Å². The standard InChI is InChI=1S/C21H23NO5/c1-16(26-2)8-6-7-11-20(17-9-4-3-5-10-17)27-21(23)18-12-14-19(15-13-18)22(24)25/h3-7,9-10,12-16,20H,8,11H2,1-2H3/b7-6-/t16-,20+/m1/s1. The van der Waals surface area contributed by atoms with Crippen LogP contribution in [0.1, 0.15) is 41.8 Å². The average Bonchev–Trinajstić information content (AvgIpc) is 2.70. The van der Waals surface area contributed by atoms with Crippen LogP contribution < -0.4 is 0 Å². The van der Waals surface area contributed by atoms with Gasteiger partial charge in [0, 0.05) is 25.7 Å². The number of carbonyl (C=O) groups is 1. The molecule has 0 amide bonds. The molecule has 0 N–H and O–H groups in total. The Morgan fingerprint density at radius 3 is 2.30 bits per heavy atom. The molecule has 0 spiro atoms. The Kier molecular flexibility index (Phi) is 7.70. The second-order valence-corrected chi connectivity index (χ2v) is 6.10. The van der Waals surface area contributed by atoms with E-state index in [-0.39, 0.29) is 17.4 Å². The zero-order valence-electron chi connectivity index (χ0n) is 15.4. The van der Waals surface area contributed by atoms with E-state index in [4.69, 9.17) is 9.47 Å². The number of hydrogen-bond donors (Lipinski definition) is 0. The van der Waals surface area contributed by atoms with Gasteiger partial charge in [-0.25, -0.2) is 4.79 Å². The first-order valence-electron chi connectivity index (χ1n) is 8.69. The first-order valence-corrected chi connectivity index (χ1v) is 8.69. The van der Waals surface area contributed by atoms with E-state index in [9.17, 15) is 14.9 Å². The van der Waals surface area contributed by atoms with E-state index in [0.717, 1.165) is 12.0 Å². The molecular formula is C21H23NO5. The van der Waals surface area contributed by atoms with E-state index < -0.39 is 17.0 Å². The number of nitro groups is 1. The minimum absolute atomic E-state index is 0.0682. The van der Waals surface area contributed by atoms with E-state index in [1.807, 2.05) is 49.4 Å². The number of rotatable bonds is 9. The molecule has 0 unspecified atom stereocenters. The summed E-state index contributed by atoms with van der Waals surface area (Å²) in [6.07, 6.45) is 4.95. The average molecular weight is 369 g/mol. The minimum Gasteiger partial charge on any atom is -0.454 e. The largest absolute Gasteiger partial charge is 0.454 e. The highest BCUT2D eigenvalue weighted by Crippen LogP contribution is 2.24. The Hall–Kier alpha value is -2.99. The molecule has 2 rings (SSSR count). The van der Waals surface area contributed by atoms with Crippen molar-refractivity contribution in [2.45, 2.75) is 32.0 Å². The van der Waals surface area contributed by atoms with Crippen molar-refractivity contribution in [1.82, 2.24) is 0 Å². The van der Waals surface area contributed by atoms with E-state index >= 15 is 0 Å². The lowest BCUT2D eigenvalue weighted by atomic mass is 10.1. The van der Waals surface area contributed by atoms with Crippen LogP contribution in [0, 0.1) is 10.1 Å². The van der Waals surface area contributed by atoms with Crippen molar-refractivity contribution in [3.8, 4) is 0 Å². The molecule has 0 heterocycles. The summed E-state index contributed by atoms with van der Waals surface area (Å²) < 4.78 is 10.9. The summed E-state index contributed by atoms with van der Waals surface area (Å²) in [5.41, 5.74) is 1.09. The van der Waals surface area contributed by atoms with Crippen molar-refractivity contribution in [1.29, 1.82) is 0 Å². The van der Waals surface area contributed by atoms with Crippen molar-refractivity contribution in [3.63, 3.8) is 0 Å². The van der Waals surface area contributed by atoms with Crippen molar-refractivity contribution in [2.75, 3.05) is 7.11 Å². The number of non-ortho nitro benzene ring substituents is 1. The summed E-state index contributed by atoms with van der Waals surface area (Å²) in [7, 11) is 1.66. The van der Waals surface area contributed by atoms with Gasteiger partial charge in [0.25, 0.3) is 5.69 Å². The van der Waals surface area contributed by atoms with E-state index in [1.165, 1.54) is 24.3 Å². The predicted octanol–water partition coefficient (Wildman–Crippen LogP) is 4.86. The minimum atomic E-state index is -0.516. The number of hydrogen-bond acceptors (Lipinski definition) is 5. The summed E-state index contributed by atoms with van der Waals surface area (Å²) in [6.45, 7) is 1.98. The molecule has 6 nitrogen and oxygen atoms in total. The van der Waals surface area contributed by atoms with Crippen molar-refractivity contribution in [2.24, 2.45) is 0 Å². The van der Waals surface area contributed by atoms with E-state index in [1.54, 1.807) is 7.11 Å². The van der Waals surface area contributed by atoms with Crippen LogP contribution in [0.15, 0.2) is 66.7 Å². The third kappa shape index (κ3) is 6.34. The molecule has 142 valence electrons. The van der Waals surface area contributed by atoms with Gasteiger partial charge in [0.15, 0.2) is 0 Å². The van der Waals surface area contributed by atoms with Gasteiger partial charge in [-0.1, -0.05) is 42.5 Å². The first kappa shape index (κ1) is 20.3. The number of esters is 1. The normalized spacial score (nSPS) is 13.3. The van der Waals surface area contributed by atoms with Gasteiger partial charge in [0.1, 0.15) is 6.10 Å². The Morgan fingerprint density at radius 1 is 1.07 bits per heavy atom. The third-order valence-corrected chi connectivity index (χ3v) is 4.12. The SMILES string of the molecule is CO[C@H](C)C/C=C\C[C@H](OC(=O)c1ccc([N+](=O)[O-])cc1)c1ccccc1. The molecule has 0 radical (unpaired) electrons. The number of ether oxygens (including phenoxy) is 2. The van der Waals surface area contributed by atoms with Crippen LogP contribution in [0.2, 0.25) is 0 Å². The fourth-order valence-electron chi connectivity index (χ4n) is 2.44. The Morgan fingerprint density at radius 2 is 1.70 bits per heavy atom. The second-order valence-electron chi connectivity index (χ2n) is 6.10. The maximum atomic E-state index is 12.5. The summed E-state index contributed by atoms with van der Waals surface area (Å²) >= 11 is 0. The lowest BCUT2D eigenvalue weighted by Gasteiger charge is -2.17. The number of methoxy groups -OCH3 is 1. The van der Waals surface area contributed by atoms with Crippen LogP contribution in [-0.4, -0.2) is 24.1 Å². The van der Waals surface area contributed by atoms with Gasteiger partial charge >= 0.3 is 5.97 Å². The molecule has 0 fully saturated rings. The third-order valence-electron chi connectivity index (χ3n) is 4.12. The lowest BCUT2D eigenvalue weighted by molar-refractivity contribution is -0.384. The van der Waals surface area contributed by atoms with Gasteiger partial charge < -0.3 is 9.47 Å². The van der Waals surface area contributed by atoms with E-state index in [2.05, 4.69) is 0 Å². The molecule has 0 aromatic heterocycles. The highest BCUT2D eigenvalue weighted by Gasteiger charge is 2.18. The topological polar surface area (TPSA) is 78.7 Å². The fraction of sp³-hybridized carbons (Fsp3) is 0.286. The van der Waals surface area contributed by atoms with Crippen LogP contribution in [0.3, 0.4) is 0 Å². The number of nitro benzene ring substituents is 1. The Balaban J connectivity index is 2.09. The maximum Gasteiger partial charge on any atom is 0.338 e. The van der Waals surface area contributed by atoms with Gasteiger partial charge in [-0.05, 0) is 31.0 Å². The molecule has 2 aromatic rings.